The van der Waals surface area contributed by atoms with Crippen molar-refractivity contribution in [3.63, 3.8) is 0 Å². The fourth-order valence-electron chi connectivity index (χ4n) is 2.48. The van der Waals surface area contributed by atoms with Crippen LogP contribution in [0.4, 0.5) is 10.1 Å². The van der Waals surface area contributed by atoms with Gasteiger partial charge in [-0.2, -0.15) is 0 Å². The molecule has 2 rings (SSSR count). The number of nitrogens with zero attached hydrogens (tertiary/aromatic N) is 1. The maximum atomic E-state index is 13.1. The van der Waals surface area contributed by atoms with Crippen LogP contribution in [-0.2, 0) is 0 Å². The summed E-state index contributed by atoms with van der Waals surface area (Å²) in [6.45, 7) is 0.336. The topological polar surface area (TPSA) is 67.6 Å². The van der Waals surface area contributed by atoms with E-state index in [4.69, 9.17) is 22.1 Å². The number of halogens is 2. The summed E-state index contributed by atoms with van der Waals surface area (Å²) in [5, 5.41) is 3.15. The van der Waals surface area contributed by atoms with Crippen molar-refractivity contribution in [2.45, 2.75) is 6.04 Å². The van der Waals surface area contributed by atoms with Gasteiger partial charge in [0.25, 0.3) is 5.91 Å². The van der Waals surface area contributed by atoms with Gasteiger partial charge in [-0.3, -0.25) is 4.79 Å². The van der Waals surface area contributed by atoms with E-state index in [0.717, 1.165) is 5.56 Å². The fraction of sp³-hybridized carbons (Fsp3) is 0.278. The Morgan fingerprint density at radius 2 is 1.96 bits per heavy atom. The highest BCUT2D eigenvalue weighted by Crippen LogP contribution is 2.29. The van der Waals surface area contributed by atoms with Crippen LogP contribution in [0.25, 0.3) is 0 Å². The second-order valence-corrected chi connectivity index (χ2v) is 6.22. The number of hydrogen-bond donors (Lipinski definition) is 2. The molecule has 0 aliphatic rings. The van der Waals surface area contributed by atoms with Crippen LogP contribution < -0.4 is 15.8 Å². The molecular formula is C18H21ClFN3O2. The number of hydrogen-bond acceptors (Lipinski definition) is 4. The molecule has 2 aromatic carbocycles. The molecule has 3 N–H and O–H groups in total. The number of nitrogens with one attached hydrogen (secondary N) is 1. The van der Waals surface area contributed by atoms with E-state index in [2.05, 4.69) is 5.32 Å². The van der Waals surface area contributed by atoms with Crippen molar-refractivity contribution in [2.24, 2.45) is 0 Å². The van der Waals surface area contributed by atoms with Crippen LogP contribution in [0.3, 0.4) is 0 Å². The van der Waals surface area contributed by atoms with Crippen LogP contribution in [0.15, 0.2) is 36.4 Å². The van der Waals surface area contributed by atoms with Gasteiger partial charge in [-0.05, 0) is 37.9 Å². The molecule has 0 aliphatic heterocycles. The van der Waals surface area contributed by atoms with E-state index in [1.54, 1.807) is 12.1 Å². The van der Waals surface area contributed by atoms with Gasteiger partial charge in [0.1, 0.15) is 11.6 Å². The highest BCUT2D eigenvalue weighted by Gasteiger charge is 2.19. The predicted octanol–water partition coefficient (Wildman–Crippen LogP) is 3.10. The number of ether oxygens (including phenoxy) is 1. The molecule has 0 spiro atoms. The number of anilines is 1. The van der Waals surface area contributed by atoms with Gasteiger partial charge in [-0.25, -0.2) is 4.39 Å². The molecule has 0 aliphatic carbocycles. The molecule has 0 aromatic heterocycles. The van der Waals surface area contributed by atoms with E-state index in [1.165, 1.54) is 31.4 Å². The summed E-state index contributed by atoms with van der Waals surface area (Å²) in [6, 6.07) is 9.08. The molecule has 0 bridgehead atoms. The minimum absolute atomic E-state index is 0.111. The SMILES string of the molecule is COc1cc(N)c(Cl)cc1C(=O)NCC(c1ccc(F)cc1)N(C)C. The minimum atomic E-state index is -0.326. The predicted molar refractivity (Wildman–Crippen MR) is 97.6 cm³/mol. The second kappa shape index (κ2) is 8.18. The van der Waals surface area contributed by atoms with Crippen LogP contribution >= 0.6 is 11.6 Å². The fourth-order valence-corrected chi connectivity index (χ4v) is 2.65. The molecule has 1 unspecified atom stereocenters. The summed E-state index contributed by atoms with van der Waals surface area (Å²) in [4.78, 5) is 14.5. The average Bonchev–Trinajstić information content (AvgIpc) is 2.58. The largest absolute Gasteiger partial charge is 0.496 e. The van der Waals surface area contributed by atoms with E-state index in [0.29, 0.717) is 23.5 Å². The van der Waals surface area contributed by atoms with Crippen molar-refractivity contribution in [3.8, 4) is 5.75 Å². The smallest absolute Gasteiger partial charge is 0.255 e. The third kappa shape index (κ3) is 4.61. The van der Waals surface area contributed by atoms with Gasteiger partial charge in [0.05, 0.1) is 29.4 Å². The molecule has 1 amide bonds. The van der Waals surface area contributed by atoms with Crippen LogP contribution in [0.2, 0.25) is 5.02 Å². The molecule has 5 nitrogen and oxygen atoms in total. The third-order valence-corrected chi connectivity index (χ3v) is 4.22. The molecule has 0 fully saturated rings. The van der Waals surface area contributed by atoms with E-state index in [1.807, 2.05) is 19.0 Å². The number of nitrogens with two attached hydrogens (primary N) is 1. The van der Waals surface area contributed by atoms with Crippen molar-refractivity contribution >= 4 is 23.2 Å². The zero-order valence-corrected chi connectivity index (χ0v) is 15.1. The van der Waals surface area contributed by atoms with Crippen LogP contribution in [0.5, 0.6) is 5.75 Å². The van der Waals surface area contributed by atoms with Gasteiger partial charge in [0, 0.05) is 12.6 Å². The lowest BCUT2D eigenvalue weighted by Gasteiger charge is -2.25. The van der Waals surface area contributed by atoms with Crippen LogP contribution in [-0.4, -0.2) is 38.6 Å². The summed E-state index contributed by atoms with van der Waals surface area (Å²) in [5.74, 6) is -0.276. The lowest BCUT2D eigenvalue weighted by atomic mass is 10.1. The summed E-state index contributed by atoms with van der Waals surface area (Å²) in [7, 11) is 5.24. The molecule has 1 atom stereocenters. The summed E-state index contributed by atoms with van der Waals surface area (Å²) in [6.07, 6.45) is 0. The molecule has 0 radical (unpaired) electrons. The number of amides is 1. The number of carbonyl (C=O) groups excluding carboxylic acids is 1. The quantitative estimate of drug-likeness (QED) is 0.772. The molecule has 25 heavy (non-hydrogen) atoms. The van der Waals surface area contributed by atoms with E-state index < -0.39 is 0 Å². The van der Waals surface area contributed by atoms with E-state index in [9.17, 15) is 9.18 Å². The third-order valence-electron chi connectivity index (χ3n) is 3.90. The molecule has 134 valence electrons. The highest BCUT2D eigenvalue weighted by atomic mass is 35.5. The Labute approximate surface area is 151 Å². The van der Waals surface area contributed by atoms with Gasteiger partial charge in [-0.1, -0.05) is 23.7 Å². The number of benzene rings is 2. The van der Waals surface area contributed by atoms with Crippen LogP contribution in [0, 0.1) is 5.82 Å². The first kappa shape index (κ1) is 19.0. The first-order valence-corrected chi connectivity index (χ1v) is 8.04. The van der Waals surface area contributed by atoms with Gasteiger partial charge < -0.3 is 20.7 Å². The van der Waals surface area contributed by atoms with Gasteiger partial charge in [0.2, 0.25) is 0 Å². The zero-order chi connectivity index (χ0) is 18.6. The summed E-state index contributed by atoms with van der Waals surface area (Å²) < 4.78 is 18.3. The lowest BCUT2D eigenvalue weighted by Crippen LogP contribution is -2.34. The number of likely N-dealkylation sites (N-methyl/N-ethyl adjacent to an activating group) is 1. The maximum absolute atomic E-state index is 13.1. The number of carbonyl (C=O) groups is 1. The Hall–Kier alpha value is -2.31. The van der Waals surface area contributed by atoms with E-state index >= 15 is 0 Å². The first-order chi connectivity index (χ1) is 11.8. The molecule has 0 saturated heterocycles. The van der Waals surface area contributed by atoms with Crippen molar-refractivity contribution < 1.29 is 13.9 Å². The van der Waals surface area contributed by atoms with Gasteiger partial charge in [-0.15, -0.1) is 0 Å². The normalized spacial score (nSPS) is 12.1. The molecular weight excluding hydrogens is 345 g/mol. The second-order valence-electron chi connectivity index (χ2n) is 5.81. The summed E-state index contributed by atoms with van der Waals surface area (Å²) >= 11 is 6.01. The summed E-state index contributed by atoms with van der Waals surface area (Å²) in [5.41, 5.74) is 7.28. The number of rotatable bonds is 6. The molecule has 2 aromatic rings. The average molecular weight is 366 g/mol. The zero-order valence-electron chi connectivity index (χ0n) is 14.3. The molecule has 0 heterocycles. The first-order valence-electron chi connectivity index (χ1n) is 7.66. The van der Waals surface area contributed by atoms with Crippen molar-refractivity contribution in [1.82, 2.24) is 10.2 Å². The lowest BCUT2D eigenvalue weighted by molar-refractivity contribution is 0.0939. The Bertz CT molecular complexity index is 751. The van der Waals surface area contributed by atoms with E-state index in [-0.39, 0.29) is 22.8 Å². The standard InChI is InChI=1S/C18H21ClFN3O2/c1-23(2)16(11-4-6-12(20)7-5-11)10-22-18(24)13-8-14(19)15(21)9-17(13)25-3/h4-9,16H,10,21H2,1-3H3,(H,22,24). The number of nitrogen functional groups attached to an aromatic ring is 1. The highest BCUT2D eigenvalue weighted by molar-refractivity contribution is 6.33. The van der Waals surface area contributed by atoms with Gasteiger partial charge in [0.15, 0.2) is 0 Å². The van der Waals surface area contributed by atoms with Crippen molar-refractivity contribution in [3.05, 3.63) is 58.4 Å². The number of methoxy groups -OCH3 is 1. The molecule has 0 saturated carbocycles. The Balaban J connectivity index is 2.17. The Kier molecular flexibility index (Phi) is 6.22. The van der Waals surface area contributed by atoms with Gasteiger partial charge >= 0.3 is 0 Å². The Morgan fingerprint density at radius 1 is 1.32 bits per heavy atom. The van der Waals surface area contributed by atoms with Crippen molar-refractivity contribution in [2.75, 3.05) is 33.5 Å². The van der Waals surface area contributed by atoms with Crippen molar-refractivity contribution in [1.29, 1.82) is 0 Å². The monoisotopic (exact) mass is 365 g/mol. The molecule has 7 heteroatoms. The van der Waals surface area contributed by atoms with Crippen LogP contribution in [0.1, 0.15) is 22.0 Å². The minimum Gasteiger partial charge on any atom is -0.496 e. The maximum Gasteiger partial charge on any atom is 0.255 e. The Morgan fingerprint density at radius 3 is 2.52 bits per heavy atom.